The largest absolute Gasteiger partial charge is 0.497 e. The quantitative estimate of drug-likeness (QED) is 0.650. The van der Waals surface area contributed by atoms with Gasteiger partial charge in [0.1, 0.15) is 24.8 Å². The fourth-order valence-electron chi connectivity index (χ4n) is 2.93. The number of aromatic nitrogens is 2. The monoisotopic (exact) mass is 378 g/mol. The van der Waals surface area contributed by atoms with Crippen molar-refractivity contribution >= 4 is 17.5 Å². The van der Waals surface area contributed by atoms with E-state index in [0.29, 0.717) is 19.2 Å². The summed E-state index contributed by atoms with van der Waals surface area (Å²) in [4.78, 5) is 8.80. The number of hydrogen-bond donors (Lipinski definition) is 2. The van der Waals surface area contributed by atoms with Gasteiger partial charge in [0.05, 0.1) is 7.11 Å². The molecule has 144 valence electrons. The van der Waals surface area contributed by atoms with Crippen LogP contribution in [0, 0.1) is 0 Å². The van der Waals surface area contributed by atoms with Gasteiger partial charge in [-0.3, -0.25) is 0 Å². The minimum Gasteiger partial charge on any atom is -0.497 e. The zero-order chi connectivity index (χ0) is 19.2. The summed E-state index contributed by atoms with van der Waals surface area (Å²) >= 11 is 0. The summed E-state index contributed by atoms with van der Waals surface area (Å²) < 4.78 is 16.4. The predicted molar refractivity (Wildman–Crippen MR) is 108 cm³/mol. The molecule has 0 spiro atoms. The molecule has 0 atom stereocenters. The Morgan fingerprint density at radius 2 is 1.93 bits per heavy atom. The summed E-state index contributed by atoms with van der Waals surface area (Å²) in [6, 6.07) is 15.6. The van der Waals surface area contributed by atoms with Gasteiger partial charge in [-0.15, -0.1) is 0 Å². The molecular formula is C21H22N4O3. The van der Waals surface area contributed by atoms with E-state index in [2.05, 4.69) is 26.7 Å². The smallest absolute Gasteiger partial charge is 0.229 e. The van der Waals surface area contributed by atoms with Crippen LogP contribution >= 0.6 is 0 Å². The van der Waals surface area contributed by atoms with E-state index in [0.717, 1.165) is 41.7 Å². The van der Waals surface area contributed by atoms with Crippen molar-refractivity contribution in [3.8, 4) is 17.2 Å². The average molecular weight is 378 g/mol. The highest BCUT2D eigenvalue weighted by Crippen LogP contribution is 2.33. The van der Waals surface area contributed by atoms with Gasteiger partial charge in [-0.05, 0) is 42.3 Å². The molecule has 0 saturated heterocycles. The fraction of sp³-hybridized carbons (Fsp3) is 0.238. The maximum atomic E-state index is 5.61. The third-order valence-electron chi connectivity index (χ3n) is 4.31. The van der Waals surface area contributed by atoms with Crippen molar-refractivity contribution in [3.63, 3.8) is 0 Å². The van der Waals surface area contributed by atoms with Gasteiger partial charge in [0.25, 0.3) is 0 Å². The number of anilines is 3. The Morgan fingerprint density at radius 3 is 2.82 bits per heavy atom. The molecule has 4 rings (SSSR count). The van der Waals surface area contributed by atoms with Gasteiger partial charge < -0.3 is 24.8 Å². The van der Waals surface area contributed by atoms with Crippen molar-refractivity contribution < 1.29 is 14.2 Å². The highest BCUT2D eigenvalue weighted by molar-refractivity contribution is 5.60. The van der Waals surface area contributed by atoms with Crippen molar-refractivity contribution in [1.29, 1.82) is 0 Å². The van der Waals surface area contributed by atoms with E-state index in [4.69, 9.17) is 14.2 Å². The maximum absolute atomic E-state index is 5.61. The third-order valence-corrected chi connectivity index (χ3v) is 4.31. The van der Waals surface area contributed by atoms with Gasteiger partial charge in [0.2, 0.25) is 5.95 Å². The second kappa shape index (κ2) is 8.47. The summed E-state index contributed by atoms with van der Waals surface area (Å²) in [6.45, 7) is 1.89. The van der Waals surface area contributed by atoms with Crippen molar-refractivity contribution in [2.45, 2.75) is 6.42 Å². The topological polar surface area (TPSA) is 77.5 Å². The number of ether oxygens (including phenoxy) is 3. The molecule has 2 aromatic carbocycles. The number of nitrogens with zero attached hydrogens (tertiary/aromatic N) is 2. The highest BCUT2D eigenvalue weighted by atomic mass is 16.6. The molecule has 0 unspecified atom stereocenters. The van der Waals surface area contributed by atoms with E-state index in [9.17, 15) is 0 Å². The first-order chi connectivity index (χ1) is 13.8. The molecule has 0 bridgehead atoms. The molecule has 0 fully saturated rings. The summed E-state index contributed by atoms with van der Waals surface area (Å²) in [7, 11) is 1.68. The third kappa shape index (κ3) is 4.43. The molecule has 2 N–H and O–H groups in total. The molecule has 7 nitrogen and oxygen atoms in total. The van der Waals surface area contributed by atoms with Crippen LogP contribution in [-0.2, 0) is 6.42 Å². The minimum atomic E-state index is 0.517. The van der Waals surface area contributed by atoms with Crippen molar-refractivity contribution in [1.82, 2.24) is 9.97 Å². The van der Waals surface area contributed by atoms with E-state index in [1.807, 2.05) is 42.5 Å². The number of rotatable bonds is 7. The van der Waals surface area contributed by atoms with Gasteiger partial charge in [0.15, 0.2) is 11.5 Å². The molecule has 1 aromatic heterocycles. The zero-order valence-electron chi connectivity index (χ0n) is 15.6. The first-order valence-corrected chi connectivity index (χ1v) is 9.17. The van der Waals surface area contributed by atoms with Crippen LogP contribution < -0.4 is 24.8 Å². The molecule has 1 aliphatic rings. The Bertz CT molecular complexity index is 948. The number of benzene rings is 2. The summed E-state index contributed by atoms with van der Waals surface area (Å²) in [5.41, 5.74) is 2.05. The number of hydrogen-bond acceptors (Lipinski definition) is 7. The normalized spacial score (nSPS) is 12.3. The van der Waals surface area contributed by atoms with Crippen molar-refractivity contribution in [2.75, 3.05) is 37.5 Å². The molecule has 7 heteroatoms. The second-order valence-corrected chi connectivity index (χ2v) is 6.28. The lowest BCUT2D eigenvalue weighted by atomic mass is 10.1. The summed E-state index contributed by atoms with van der Waals surface area (Å²) in [5, 5.41) is 6.53. The van der Waals surface area contributed by atoms with E-state index >= 15 is 0 Å². The van der Waals surface area contributed by atoms with Gasteiger partial charge in [-0.2, -0.15) is 4.98 Å². The Hall–Kier alpha value is -3.48. The molecule has 3 aromatic rings. The first-order valence-electron chi connectivity index (χ1n) is 9.17. The Balaban J connectivity index is 1.36. The lowest BCUT2D eigenvalue weighted by Gasteiger charge is -2.19. The van der Waals surface area contributed by atoms with Crippen LogP contribution in [0.5, 0.6) is 17.2 Å². The van der Waals surface area contributed by atoms with E-state index in [-0.39, 0.29) is 0 Å². The van der Waals surface area contributed by atoms with Gasteiger partial charge in [-0.25, -0.2) is 4.98 Å². The number of fused-ring (bicyclic) bond motifs is 1. The SMILES string of the molecule is COc1cccc(CCNc2ccnc(Nc3ccc4c(c3)OCCO4)n2)c1. The van der Waals surface area contributed by atoms with Crippen LogP contribution in [-0.4, -0.2) is 36.8 Å². The summed E-state index contributed by atoms with van der Waals surface area (Å²) in [6.07, 6.45) is 2.59. The van der Waals surface area contributed by atoms with Crippen molar-refractivity contribution in [2.24, 2.45) is 0 Å². The van der Waals surface area contributed by atoms with Crippen LogP contribution in [0.15, 0.2) is 54.7 Å². The standard InChI is InChI=1S/C21H22N4O3/c1-26-17-4-2-3-15(13-17)7-9-22-20-8-10-23-21(25-20)24-16-5-6-18-19(14-16)28-12-11-27-18/h2-6,8,10,13-14H,7,9,11-12H2,1H3,(H2,22,23,24,25). The zero-order valence-corrected chi connectivity index (χ0v) is 15.6. The predicted octanol–water partition coefficient (Wildman–Crippen LogP) is 3.65. The lowest BCUT2D eigenvalue weighted by molar-refractivity contribution is 0.171. The Kier molecular flexibility index (Phi) is 5.42. The molecule has 0 aliphatic carbocycles. The Morgan fingerprint density at radius 1 is 1.04 bits per heavy atom. The molecule has 0 radical (unpaired) electrons. The average Bonchev–Trinajstić information content (AvgIpc) is 2.74. The van der Waals surface area contributed by atoms with Crippen LogP contribution in [0.3, 0.4) is 0 Å². The number of methoxy groups -OCH3 is 1. The van der Waals surface area contributed by atoms with E-state index in [1.54, 1.807) is 13.3 Å². The second-order valence-electron chi connectivity index (χ2n) is 6.28. The van der Waals surface area contributed by atoms with Crippen LogP contribution in [0.2, 0.25) is 0 Å². The van der Waals surface area contributed by atoms with E-state index in [1.165, 1.54) is 5.56 Å². The van der Waals surface area contributed by atoms with Gasteiger partial charge in [-0.1, -0.05) is 12.1 Å². The van der Waals surface area contributed by atoms with Gasteiger partial charge in [0, 0.05) is 24.5 Å². The maximum Gasteiger partial charge on any atom is 0.229 e. The number of nitrogens with one attached hydrogen (secondary N) is 2. The molecule has 0 saturated carbocycles. The minimum absolute atomic E-state index is 0.517. The molecule has 28 heavy (non-hydrogen) atoms. The van der Waals surface area contributed by atoms with E-state index < -0.39 is 0 Å². The summed E-state index contributed by atoms with van der Waals surface area (Å²) in [5.74, 6) is 3.63. The van der Waals surface area contributed by atoms with Gasteiger partial charge >= 0.3 is 0 Å². The molecule has 1 aliphatic heterocycles. The highest BCUT2D eigenvalue weighted by Gasteiger charge is 2.12. The molecular weight excluding hydrogens is 356 g/mol. The van der Waals surface area contributed by atoms with Crippen LogP contribution in [0.4, 0.5) is 17.5 Å². The first kappa shape index (κ1) is 17.9. The Labute approximate surface area is 163 Å². The molecule has 0 amide bonds. The van der Waals surface area contributed by atoms with Crippen LogP contribution in [0.25, 0.3) is 0 Å². The lowest BCUT2D eigenvalue weighted by Crippen LogP contribution is -2.15. The van der Waals surface area contributed by atoms with Crippen molar-refractivity contribution in [3.05, 3.63) is 60.3 Å². The molecule has 2 heterocycles. The van der Waals surface area contributed by atoms with Crippen LogP contribution in [0.1, 0.15) is 5.56 Å². The fourth-order valence-corrected chi connectivity index (χ4v) is 2.93.